The molecule has 1 aromatic carbocycles. The quantitative estimate of drug-likeness (QED) is 0.492. The summed E-state index contributed by atoms with van der Waals surface area (Å²) >= 11 is 0. The van der Waals surface area contributed by atoms with Crippen LogP contribution in [0.3, 0.4) is 0 Å². The Labute approximate surface area is 123 Å². The third kappa shape index (κ3) is 5.00. The van der Waals surface area contributed by atoms with E-state index < -0.39 is 4.92 Å². The molecule has 6 nitrogen and oxygen atoms in total. The number of carbonyl (C=O) groups is 1. The minimum Gasteiger partial charge on any atom is -0.351 e. The molecule has 1 saturated heterocycles. The molecule has 2 rings (SSSR count). The van der Waals surface area contributed by atoms with Crippen LogP contribution < -0.4 is 10.6 Å². The lowest BCUT2D eigenvalue weighted by Gasteiger charge is -2.23. The maximum Gasteiger partial charge on any atom is 0.269 e. The SMILES string of the molecule is O=C(C=Cc1ccc([N+](=O)[O-])cc1)NCC1CCCCN1. The number of nitro benzene ring substituents is 1. The summed E-state index contributed by atoms with van der Waals surface area (Å²) in [5, 5.41) is 16.7. The van der Waals surface area contributed by atoms with Crippen molar-refractivity contribution in [2.45, 2.75) is 25.3 Å². The minimum atomic E-state index is -0.447. The molecule has 0 aliphatic carbocycles. The predicted octanol–water partition coefficient (Wildman–Crippen LogP) is 1.87. The first-order valence-corrected chi connectivity index (χ1v) is 7.09. The van der Waals surface area contributed by atoms with E-state index in [4.69, 9.17) is 0 Å². The van der Waals surface area contributed by atoms with Gasteiger partial charge in [0.1, 0.15) is 0 Å². The number of benzene rings is 1. The average molecular weight is 289 g/mol. The molecule has 21 heavy (non-hydrogen) atoms. The summed E-state index contributed by atoms with van der Waals surface area (Å²) in [6, 6.07) is 6.43. The third-order valence-corrected chi connectivity index (χ3v) is 3.47. The van der Waals surface area contributed by atoms with Crippen LogP contribution in [0.5, 0.6) is 0 Å². The van der Waals surface area contributed by atoms with Crippen molar-refractivity contribution in [1.82, 2.24) is 10.6 Å². The molecule has 0 spiro atoms. The number of amides is 1. The maximum atomic E-state index is 11.7. The molecule has 1 unspecified atom stereocenters. The first-order chi connectivity index (χ1) is 10.1. The van der Waals surface area contributed by atoms with Crippen molar-refractivity contribution < 1.29 is 9.72 Å². The van der Waals surface area contributed by atoms with Gasteiger partial charge in [0.05, 0.1) is 4.92 Å². The number of nitrogens with zero attached hydrogens (tertiary/aromatic N) is 1. The van der Waals surface area contributed by atoms with Crippen LogP contribution in [0.2, 0.25) is 0 Å². The van der Waals surface area contributed by atoms with E-state index in [9.17, 15) is 14.9 Å². The first kappa shape index (κ1) is 15.2. The van der Waals surface area contributed by atoms with Crippen LogP contribution in [-0.2, 0) is 4.79 Å². The summed E-state index contributed by atoms with van der Waals surface area (Å²) in [6.07, 6.45) is 6.58. The van der Waals surface area contributed by atoms with Crippen LogP contribution in [0.1, 0.15) is 24.8 Å². The number of non-ortho nitro benzene ring substituents is 1. The van der Waals surface area contributed by atoms with Crippen LogP contribution >= 0.6 is 0 Å². The van der Waals surface area contributed by atoms with E-state index >= 15 is 0 Å². The maximum absolute atomic E-state index is 11.7. The van der Waals surface area contributed by atoms with Crippen molar-refractivity contribution in [2.24, 2.45) is 0 Å². The second kappa shape index (κ2) is 7.54. The molecule has 0 saturated carbocycles. The number of piperidine rings is 1. The van der Waals surface area contributed by atoms with Crippen LogP contribution in [-0.4, -0.2) is 30.0 Å². The van der Waals surface area contributed by atoms with Crippen molar-refractivity contribution in [3.63, 3.8) is 0 Å². The van der Waals surface area contributed by atoms with Crippen LogP contribution in [0.4, 0.5) is 5.69 Å². The smallest absolute Gasteiger partial charge is 0.269 e. The Hall–Kier alpha value is -2.21. The highest BCUT2D eigenvalue weighted by molar-refractivity contribution is 5.91. The zero-order valence-electron chi connectivity index (χ0n) is 11.7. The van der Waals surface area contributed by atoms with Gasteiger partial charge in [-0.25, -0.2) is 0 Å². The molecule has 1 atom stereocenters. The van der Waals surface area contributed by atoms with Gasteiger partial charge in [0.25, 0.3) is 5.69 Å². The molecular weight excluding hydrogens is 270 g/mol. The highest BCUT2D eigenvalue weighted by Gasteiger charge is 2.12. The minimum absolute atomic E-state index is 0.0416. The highest BCUT2D eigenvalue weighted by Crippen LogP contribution is 2.12. The van der Waals surface area contributed by atoms with Gasteiger partial charge in [-0.3, -0.25) is 14.9 Å². The second-order valence-electron chi connectivity index (χ2n) is 5.07. The molecule has 0 radical (unpaired) electrons. The molecule has 1 heterocycles. The van der Waals surface area contributed by atoms with E-state index in [1.165, 1.54) is 31.1 Å². The van der Waals surface area contributed by atoms with E-state index in [2.05, 4.69) is 10.6 Å². The van der Waals surface area contributed by atoms with Crippen molar-refractivity contribution in [3.05, 3.63) is 46.0 Å². The number of carbonyl (C=O) groups excluding carboxylic acids is 1. The Balaban J connectivity index is 1.79. The summed E-state index contributed by atoms with van der Waals surface area (Å²) in [7, 11) is 0. The van der Waals surface area contributed by atoms with Crippen molar-refractivity contribution in [2.75, 3.05) is 13.1 Å². The van der Waals surface area contributed by atoms with Gasteiger partial charge >= 0.3 is 0 Å². The number of nitrogens with one attached hydrogen (secondary N) is 2. The van der Waals surface area contributed by atoms with Crippen LogP contribution in [0, 0.1) is 10.1 Å². The van der Waals surface area contributed by atoms with Crippen molar-refractivity contribution in [1.29, 1.82) is 0 Å². The fourth-order valence-electron chi connectivity index (χ4n) is 2.26. The van der Waals surface area contributed by atoms with Gasteiger partial charge < -0.3 is 10.6 Å². The zero-order chi connectivity index (χ0) is 15.1. The average Bonchev–Trinajstić information content (AvgIpc) is 2.52. The van der Waals surface area contributed by atoms with Crippen LogP contribution in [0.15, 0.2) is 30.3 Å². The van der Waals surface area contributed by atoms with Crippen molar-refractivity contribution >= 4 is 17.7 Å². The Morgan fingerprint density at radius 2 is 2.14 bits per heavy atom. The van der Waals surface area contributed by atoms with E-state index in [-0.39, 0.29) is 11.6 Å². The number of rotatable bonds is 5. The summed E-state index contributed by atoms with van der Waals surface area (Å²) in [6.45, 7) is 1.64. The van der Waals surface area contributed by atoms with Gasteiger partial charge in [0.15, 0.2) is 0 Å². The monoisotopic (exact) mass is 289 g/mol. The number of hydrogen-bond donors (Lipinski definition) is 2. The van der Waals surface area contributed by atoms with E-state index in [1.807, 2.05) is 0 Å². The first-order valence-electron chi connectivity index (χ1n) is 7.09. The number of hydrogen-bond acceptors (Lipinski definition) is 4. The largest absolute Gasteiger partial charge is 0.351 e. The van der Waals surface area contributed by atoms with Gasteiger partial charge in [-0.1, -0.05) is 6.42 Å². The molecule has 112 valence electrons. The van der Waals surface area contributed by atoms with Gasteiger partial charge in [0.2, 0.25) is 5.91 Å². The Morgan fingerprint density at radius 1 is 1.38 bits per heavy atom. The summed E-state index contributed by atoms with van der Waals surface area (Å²) in [5.74, 6) is -0.152. The lowest BCUT2D eigenvalue weighted by molar-refractivity contribution is -0.384. The summed E-state index contributed by atoms with van der Waals surface area (Å²) in [5.41, 5.74) is 0.798. The van der Waals surface area contributed by atoms with Gasteiger partial charge in [-0.15, -0.1) is 0 Å². The van der Waals surface area contributed by atoms with Gasteiger partial charge in [-0.2, -0.15) is 0 Å². The number of nitro groups is 1. The normalized spacial score (nSPS) is 18.6. The fraction of sp³-hybridized carbons (Fsp3) is 0.400. The van der Waals surface area contributed by atoms with Gasteiger partial charge in [-0.05, 0) is 43.2 Å². The predicted molar refractivity (Wildman–Crippen MR) is 80.8 cm³/mol. The standard InChI is InChI=1S/C15H19N3O3/c19-15(17-11-13-3-1-2-10-16-13)9-6-12-4-7-14(8-5-12)18(20)21/h4-9,13,16H,1-3,10-11H2,(H,17,19). The molecule has 0 aromatic heterocycles. The lowest BCUT2D eigenvalue weighted by Crippen LogP contribution is -2.43. The molecule has 1 aliphatic rings. The highest BCUT2D eigenvalue weighted by atomic mass is 16.6. The fourth-order valence-corrected chi connectivity index (χ4v) is 2.26. The van der Waals surface area contributed by atoms with Crippen molar-refractivity contribution in [3.8, 4) is 0 Å². The Morgan fingerprint density at radius 3 is 2.76 bits per heavy atom. The van der Waals surface area contributed by atoms with E-state index in [1.54, 1.807) is 18.2 Å². The second-order valence-corrected chi connectivity index (χ2v) is 5.07. The molecule has 6 heteroatoms. The van der Waals surface area contributed by atoms with Gasteiger partial charge in [0, 0.05) is 30.8 Å². The molecule has 0 bridgehead atoms. The topological polar surface area (TPSA) is 84.3 Å². The molecule has 1 aliphatic heterocycles. The molecular formula is C15H19N3O3. The molecule has 1 fully saturated rings. The third-order valence-electron chi connectivity index (χ3n) is 3.47. The van der Waals surface area contributed by atoms with E-state index in [0.717, 1.165) is 18.5 Å². The Bertz CT molecular complexity index is 519. The van der Waals surface area contributed by atoms with E-state index in [0.29, 0.717) is 12.6 Å². The zero-order valence-corrected chi connectivity index (χ0v) is 11.7. The molecule has 1 aromatic rings. The molecule has 1 amide bonds. The summed E-state index contributed by atoms with van der Waals surface area (Å²) in [4.78, 5) is 21.8. The summed E-state index contributed by atoms with van der Waals surface area (Å²) < 4.78 is 0. The molecule has 2 N–H and O–H groups in total. The lowest BCUT2D eigenvalue weighted by atomic mass is 10.1. The van der Waals surface area contributed by atoms with Crippen LogP contribution in [0.25, 0.3) is 6.08 Å². The Kier molecular flexibility index (Phi) is 5.45.